The molecule has 0 aliphatic heterocycles. The van der Waals surface area contributed by atoms with E-state index < -0.39 is 0 Å². The van der Waals surface area contributed by atoms with Crippen LogP contribution >= 0.6 is 11.3 Å². The van der Waals surface area contributed by atoms with Crippen LogP contribution in [0.25, 0.3) is 126 Å². The largest absolute Gasteiger partial charge is 0.309 e. The third-order valence-corrected chi connectivity index (χ3v) is 14.0. The Morgan fingerprint density at radius 2 is 0.868 bits per heavy atom. The van der Waals surface area contributed by atoms with Gasteiger partial charge in [-0.15, -0.1) is 11.3 Å². The molecular weight excluding hydrogens is 847 g/mol. The van der Waals surface area contributed by atoms with E-state index in [4.69, 9.17) is 19.9 Å². The first-order valence-corrected chi connectivity index (χ1v) is 23.6. The van der Waals surface area contributed by atoms with Crippen LogP contribution < -0.4 is 0 Å². The third-order valence-electron chi connectivity index (χ3n) is 12.9. The minimum absolute atomic E-state index is 0.547. The molecule has 0 atom stereocenters. The van der Waals surface area contributed by atoms with Crippen LogP contribution in [-0.4, -0.2) is 24.5 Å². The van der Waals surface area contributed by atoms with Crippen molar-refractivity contribution in [3.63, 3.8) is 0 Å². The highest BCUT2D eigenvalue weighted by molar-refractivity contribution is 7.26. The molecule has 0 saturated carbocycles. The van der Waals surface area contributed by atoms with Crippen LogP contribution in [0.2, 0.25) is 0 Å². The fourth-order valence-corrected chi connectivity index (χ4v) is 11.0. The molecule has 4 aromatic heterocycles. The molecule has 0 bridgehead atoms. The fourth-order valence-electron chi connectivity index (χ4n) is 9.84. The van der Waals surface area contributed by atoms with Gasteiger partial charge in [0.2, 0.25) is 0 Å². The predicted molar refractivity (Wildman–Crippen MR) is 283 cm³/mol. The minimum atomic E-state index is 0.547. The first-order chi connectivity index (χ1) is 33.7. The zero-order valence-electron chi connectivity index (χ0n) is 36.7. The van der Waals surface area contributed by atoms with Crippen LogP contribution in [0.1, 0.15) is 0 Å². The molecule has 68 heavy (non-hydrogen) atoms. The molecule has 0 aliphatic carbocycles. The molecule has 0 saturated heterocycles. The molecular formula is C62H39N5S. The van der Waals surface area contributed by atoms with E-state index in [1.54, 1.807) is 0 Å². The van der Waals surface area contributed by atoms with E-state index in [1.165, 1.54) is 36.6 Å². The summed E-state index contributed by atoms with van der Waals surface area (Å²) in [4.78, 5) is 21.4. The molecule has 0 amide bonds. The maximum absolute atomic E-state index is 5.57. The molecule has 0 fully saturated rings. The minimum Gasteiger partial charge on any atom is -0.309 e. The maximum atomic E-state index is 5.57. The van der Waals surface area contributed by atoms with Gasteiger partial charge in [0, 0.05) is 70.6 Å². The molecule has 318 valence electrons. The zero-order chi connectivity index (χ0) is 45.0. The number of thiophene rings is 1. The van der Waals surface area contributed by atoms with Gasteiger partial charge in [-0.3, -0.25) is 4.98 Å². The van der Waals surface area contributed by atoms with E-state index in [9.17, 15) is 0 Å². The van der Waals surface area contributed by atoms with E-state index in [1.807, 2.05) is 53.9 Å². The quantitative estimate of drug-likeness (QED) is 0.153. The Morgan fingerprint density at radius 3 is 1.50 bits per heavy atom. The monoisotopic (exact) mass is 885 g/mol. The standard InChI is InChI=1S/C62H39N5S/c1-6-20-40(21-7-1)46-31-18-32-47(41-22-8-2-9-23-41)57(46)44-36-52(62-65-60(42-24-10-3-11-25-42)64-61(66-62)43-26-12-4-13-27-43)59(63-39-44)49-33-19-35-55-58(49)51-37-50-48-30-16-17-34-53(48)67(45-28-14-5-15-29-45)54(50)38-56(51)68-55/h1-39H. The molecule has 13 aromatic rings. The van der Waals surface area contributed by atoms with Gasteiger partial charge in [0.25, 0.3) is 0 Å². The topological polar surface area (TPSA) is 56.5 Å². The van der Waals surface area contributed by atoms with Crippen molar-refractivity contribution in [3.05, 3.63) is 237 Å². The second-order valence-electron chi connectivity index (χ2n) is 17.0. The fraction of sp³-hybridized carbons (Fsp3) is 0. The highest BCUT2D eigenvalue weighted by Crippen LogP contribution is 2.47. The molecule has 0 unspecified atom stereocenters. The molecule has 5 nitrogen and oxygen atoms in total. The van der Waals surface area contributed by atoms with Gasteiger partial charge in [-0.25, -0.2) is 15.0 Å². The first-order valence-electron chi connectivity index (χ1n) is 22.8. The lowest BCUT2D eigenvalue weighted by Gasteiger charge is -2.18. The second kappa shape index (κ2) is 16.5. The summed E-state index contributed by atoms with van der Waals surface area (Å²) in [6.45, 7) is 0. The van der Waals surface area contributed by atoms with E-state index in [2.05, 4.69) is 199 Å². The number of hydrogen-bond donors (Lipinski definition) is 0. The average Bonchev–Trinajstić information content (AvgIpc) is 3.95. The Bertz CT molecular complexity index is 3880. The molecule has 9 aromatic carbocycles. The van der Waals surface area contributed by atoms with E-state index in [-0.39, 0.29) is 0 Å². The Balaban J connectivity index is 1.11. The Hall–Kier alpha value is -8.84. The summed E-state index contributed by atoms with van der Waals surface area (Å²) in [5.74, 6) is 1.74. The van der Waals surface area contributed by atoms with Crippen LogP contribution in [0.5, 0.6) is 0 Å². The van der Waals surface area contributed by atoms with Crippen molar-refractivity contribution in [1.29, 1.82) is 0 Å². The smallest absolute Gasteiger partial charge is 0.166 e. The Kier molecular flexibility index (Phi) is 9.62. The number of fused-ring (bicyclic) bond motifs is 6. The Morgan fingerprint density at radius 1 is 0.338 bits per heavy atom. The van der Waals surface area contributed by atoms with Crippen LogP contribution in [0, 0.1) is 0 Å². The molecule has 0 N–H and O–H groups in total. The summed E-state index contributed by atoms with van der Waals surface area (Å²) in [6.07, 6.45) is 2.05. The van der Waals surface area contributed by atoms with Crippen LogP contribution in [0.3, 0.4) is 0 Å². The molecule has 4 heterocycles. The summed E-state index contributed by atoms with van der Waals surface area (Å²) in [5.41, 5.74) is 14.5. The Labute approximate surface area is 397 Å². The average molecular weight is 886 g/mol. The van der Waals surface area contributed by atoms with Gasteiger partial charge in [-0.1, -0.05) is 188 Å². The molecule has 0 spiro atoms. The molecule has 0 radical (unpaired) electrons. The number of pyridine rings is 1. The lowest BCUT2D eigenvalue weighted by atomic mass is 9.87. The number of nitrogens with zero attached hydrogens (tertiary/aromatic N) is 5. The van der Waals surface area contributed by atoms with Crippen molar-refractivity contribution in [3.8, 4) is 84.5 Å². The SMILES string of the molecule is c1ccc(-c2nc(-c3ccccc3)nc(-c3cc(-c4c(-c5ccccc5)cccc4-c4ccccc4)cnc3-c3cccc4sc5cc6c(cc5c34)c3ccccc3n6-c3ccccc3)n2)cc1. The van der Waals surface area contributed by atoms with Crippen molar-refractivity contribution in [2.24, 2.45) is 0 Å². The predicted octanol–water partition coefficient (Wildman–Crippen LogP) is 16.4. The van der Waals surface area contributed by atoms with Gasteiger partial charge >= 0.3 is 0 Å². The number of para-hydroxylation sites is 2. The van der Waals surface area contributed by atoms with Gasteiger partial charge in [-0.05, 0) is 70.3 Å². The highest BCUT2D eigenvalue weighted by atomic mass is 32.1. The summed E-state index contributed by atoms with van der Waals surface area (Å²) in [5, 5.41) is 4.76. The molecule has 13 rings (SSSR count). The zero-order valence-corrected chi connectivity index (χ0v) is 37.5. The second-order valence-corrected chi connectivity index (χ2v) is 18.0. The van der Waals surface area contributed by atoms with Gasteiger partial charge in [0.15, 0.2) is 17.5 Å². The van der Waals surface area contributed by atoms with Crippen molar-refractivity contribution in [2.75, 3.05) is 0 Å². The van der Waals surface area contributed by atoms with Crippen LogP contribution in [0.4, 0.5) is 0 Å². The van der Waals surface area contributed by atoms with E-state index >= 15 is 0 Å². The number of hydrogen-bond acceptors (Lipinski definition) is 5. The van der Waals surface area contributed by atoms with Crippen LogP contribution in [0.15, 0.2) is 237 Å². The summed E-state index contributed by atoms with van der Waals surface area (Å²) in [6, 6.07) is 81.2. The summed E-state index contributed by atoms with van der Waals surface area (Å²) in [7, 11) is 0. The van der Waals surface area contributed by atoms with Crippen LogP contribution in [-0.2, 0) is 0 Å². The first kappa shape index (κ1) is 39.5. The highest BCUT2D eigenvalue weighted by Gasteiger charge is 2.24. The summed E-state index contributed by atoms with van der Waals surface area (Å²) < 4.78 is 4.78. The van der Waals surface area contributed by atoms with Crippen molar-refractivity contribution < 1.29 is 0 Å². The van der Waals surface area contributed by atoms with Gasteiger partial charge in [-0.2, -0.15) is 0 Å². The number of rotatable bonds is 8. The summed E-state index contributed by atoms with van der Waals surface area (Å²) >= 11 is 1.82. The lowest BCUT2D eigenvalue weighted by molar-refractivity contribution is 1.07. The van der Waals surface area contributed by atoms with E-state index in [0.29, 0.717) is 17.5 Å². The van der Waals surface area contributed by atoms with Gasteiger partial charge < -0.3 is 4.57 Å². The lowest BCUT2D eigenvalue weighted by Crippen LogP contribution is -2.02. The number of aromatic nitrogens is 5. The van der Waals surface area contributed by atoms with Crippen molar-refractivity contribution in [1.82, 2.24) is 24.5 Å². The normalized spacial score (nSPS) is 11.5. The van der Waals surface area contributed by atoms with Crippen molar-refractivity contribution >= 4 is 53.3 Å². The van der Waals surface area contributed by atoms with Gasteiger partial charge in [0.05, 0.1) is 16.7 Å². The maximum Gasteiger partial charge on any atom is 0.166 e. The molecule has 6 heteroatoms. The van der Waals surface area contributed by atoms with E-state index in [0.717, 1.165) is 72.4 Å². The number of benzene rings is 9. The molecule has 0 aliphatic rings. The van der Waals surface area contributed by atoms with Crippen molar-refractivity contribution in [2.45, 2.75) is 0 Å². The third kappa shape index (κ3) is 6.77. The van der Waals surface area contributed by atoms with Gasteiger partial charge in [0.1, 0.15) is 0 Å².